The van der Waals surface area contributed by atoms with Crippen LogP contribution in [-0.4, -0.2) is 24.5 Å². The van der Waals surface area contributed by atoms with Gasteiger partial charge in [-0.2, -0.15) is 0 Å². The largest absolute Gasteiger partial charge is 0.342 e. The summed E-state index contributed by atoms with van der Waals surface area (Å²) in [6, 6.07) is 11.5. The van der Waals surface area contributed by atoms with Crippen molar-refractivity contribution in [1.82, 2.24) is 4.98 Å². The topological polar surface area (TPSA) is 31.4 Å². The fraction of sp³-hybridized carbons (Fsp3) is 0.286. The van der Waals surface area contributed by atoms with Crippen LogP contribution in [0.2, 0.25) is 5.02 Å². The molecule has 128 valence electrons. The Hall–Kier alpha value is -2.12. The fourth-order valence-corrected chi connectivity index (χ4v) is 2.67. The lowest BCUT2D eigenvalue weighted by atomic mass is 10.1. The van der Waals surface area contributed by atoms with Gasteiger partial charge in [0, 0.05) is 28.3 Å². The van der Waals surface area contributed by atoms with Crippen molar-refractivity contribution < 1.29 is 9.47 Å². The number of nitrogens with zero attached hydrogens (tertiary/aromatic N) is 1. The molecular formula is C21H20ClNO2. The third kappa shape index (κ3) is 5.17. The molecule has 1 aliphatic rings. The van der Waals surface area contributed by atoms with Crippen molar-refractivity contribution in [2.45, 2.75) is 19.1 Å². The SMILES string of the molecule is C=CCCC1COC(C#Cc2ccc(-c3ccc(Cl)cc3)nc2)OC1. The second-order valence-electron chi connectivity index (χ2n) is 5.94. The minimum Gasteiger partial charge on any atom is -0.342 e. The standard InChI is InChI=1S/C21H20ClNO2/c1-2-3-4-17-14-24-21(25-15-17)12-6-16-5-11-20(23-13-16)18-7-9-19(22)10-8-18/h2,5,7-11,13,17,21H,1,3-4,14-15H2. The van der Waals surface area contributed by atoms with Gasteiger partial charge in [0.1, 0.15) is 0 Å². The summed E-state index contributed by atoms with van der Waals surface area (Å²) < 4.78 is 11.3. The van der Waals surface area contributed by atoms with Gasteiger partial charge >= 0.3 is 0 Å². The van der Waals surface area contributed by atoms with Crippen LogP contribution in [0, 0.1) is 17.8 Å². The molecule has 3 rings (SSSR count). The van der Waals surface area contributed by atoms with E-state index in [4.69, 9.17) is 21.1 Å². The van der Waals surface area contributed by atoms with E-state index in [0.717, 1.165) is 29.7 Å². The Balaban J connectivity index is 1.57. The molecule has 0 N–H and O–H groups in total. The summed E-state index contributed by atoms with van der Waals surface area (Å²) in [6.07, 6.45) is 5.24. The molecule has 1 aromatic heterocycles. The zero-order chi connectivity index (χ0) is 17.5. The minimum atomic E-state index is -0.462. The molecule has 0 saturated carbocycles. The first-order valence-corrected chi connectivity index (χ1v) is 8.70. The van der Waals surface area contributed by atoms with Crippen molar-refractivity contribution >= 4 is 11.6 Å². The Morgan fingerprint density at radius 2 is 1.92 bits per heavy atom. The highest BCUT2D eigenvalue weighted by atomic mass is 35.5. The lowest BCUT2D eigenvalue weighted by Gasteiger charge is -2.26. The quantitative estimate of drug-likeness (QED) is 0.589. The van der Waals surface area contributed by atoms with Crippen LogP contribution < -0.4 is 0 Å². The number of hydrogen-bond acceptors (Lipinski definition) is 3. The Bertz CT molecular complexity index is 751. The van der Waals surface area contributed by atoms with E-state index in [9.17, 15) is 0 Å². The van der Waals surface area contributed by atoms with E-state index in [1.165, 1.54) is 0 Å². The van der Waals surface area contributed by atoms with E-state index >= 15 is 0 Å². The molecule has 1 saturated heterocycles. The van der Waals surface area contributed by atoms with Crippen LogP contribution in [0.1, 0.15) is 18.4 Å². The van der Waals surface area contributed by atoms with Gasteiger partial charge in [0.2, 0.25) is 6.29 Å². The highest BCUT2D eigenvalue weighted by Crippen LogP contribution is 2.20. The average Bonchev–Trinajstić information content (AvgIpc) is 2.67. The highest BCUT2D eigenvalue weighted by molar-refractivity contribution is 6.30. The molecule has 1 aromatic carbocycles. The molecule has 2 heterocycles. The zero-order valence-electron chi connectivity index (χ0n) is 14.0. The number of halogens is 1. The first-order valence-electron chi connectivity index (χ1n) is 8.32. The van der Waals surface area contributed by atoms with Gasteiger partial charge in [-0.15, -0.1) is 6.58 Å². The summed E-state index contributed by atoms with van der Waals surface area (Å²) in [5, 5.41) is 0.713. The normalized spacial score (nSPS) is 19.7. The number of aromatic nitrogens is 1. The van der Waals surface area contributed by atoms with E-state index in [0.29, 0.717) is 24.2 Å². The van der Waals surface area contributed by atoms with Crippen LogP contribution in [-0.2, 0) is 9.47 Å². The molecule has 0 bridgehead atoms. The lowest BCUT2D eigenvalue weighted by molar-refractivity contribution is -0.169. The van der Waals surface area contributed by atoms with Crippen LogP contribution in [0.4, 0.5) is 0 Å². The molecule has 1 fully saturated rings. The Labute approximate surface area is 153 Å². The van der Waals surface area contributed by atoms with E-state index in [1.54, 1.807) is 6.20 Å². The number of pyridine rings is 1. The monoisotopic (exact) mass is 353 g/mol. The number of rotatable bonds is 4. The van der Waals surface area contributed by atoms with Crippen molar-refractivity contribution in [3.63, 3.8) is 0 Å². The molecule has 0 spiro atoms. The van der Waals surface area contributed by atoms with Gasteiger partial charge in [-0.25, -0.2) is 0 Å². The van der Waals surface area contributed by atoms with Crippen molar-refractivity contribution in [1.29, 1.82) is 0 Å². The summed E-state index contributed by atoms with van der Waals surface area (Å²) in [7, 11) is 0. The van der Waals surface area contributed by atoms with Crippen LogP contribution in [0.5, 0.6) is 0 Å². The fourth-order valence-electron chi connectivity index (χ4n) is 2.55. The summed E-state index contributed by atoms with van der Waals surface area (Å²) in [4.78, 5) is 4.45. The van der Waals surface area contributed by atoms with E-state index in [-0.39, 0.29) is 0 Å². The molecule has 25 heavy (non-hydrogen) atoms. The van der Waals surface area contributed by atoms with Crippen LogP contribution in [0.3, 0.4) is 0 Å². The van der Waals surface area contributed by atoms with Crippen LogP contribution >= 0.6 is 11.6 Å². The molecule has 0 unspecified atom stereocenters. The summed E-state index contributed by atoms with van der Waals surface area (Å²) >= 11 is 5.91. The Kier molecular flexibility index (Phi) is 6.25. The molecular weight excluding hydrogens is 334 g/mol. The predicted octanol–water partition coefficient (Wildman–Crippen LogP) is 4.71. The summed E-state index contributed by atoms with van der Waals surface area (Å²) in [5.74, 6) is 6.50. The van der Waals surface area contributed by atoms with Crippen molar-refractivity contribution in [3.8, 4) is 23.1 Å². The van der Waals surface area contributed by atoms with Gasteiger partial charge < -0.3 is 9.47 Å². The first kappa shape index (κ1) is 17.7. The van der Waals surface area contributed by atoms with Crippen LogP contribution in [0.25, 0.3) is 11.3 Å². The predicted molar refractivity (Wildman–Crippen MR) is 100 cm³/mol. The lowest BCUT2D eigenvalue weighted by Crippen LogP contribution is -2.31. The maximum absolute atomic E-state index is 5.91. The smallest absolute Gasteiger partial charge is 0.222 e. The number of benzene rings is 1. The molecule has 4 heteroatoms. The third-order valence-electron chi connectivity index (χ3n) is 3.98. The number of hydrogen-bond donors (Lipinski definition) is 0. The van der Waals surface area contributed by atoms with Crippen molar-refractivity contribution in [3.05, 3.63) is 65.8 Å². The Morgan fingerprint density at radius 3 is 2.56 bits per heavy atom. The van der Waals surface area contributed by atoms with Gasteiger partial charge in [-0.05, 0) is 43.0 Å². The molecule has 0 radical (unpaired) electrons. The molecule has 1 aliphatic heterocycles. The second kappa shape index (κ2) is 8.82. The first-order chi connectivity index (χ1) is 12.2. The zero-order valence-corrected chi connectivity index (χ0v) is 14.7. The molecule has 0 aliphatic carbocycles. The van der Waals surface area contributed by atoms with Crippen LogP contribution in [0.15, 0.2) is 55.3 Å². The van der Waals surface area contributed by atoms with Crippen molar-refractivity contribution in [2.75, 3.05) is 13.2 Å². The van der Waals surface area contributed by atoms with Crippen molar-refractivity contribution in [2.24, 2.45) is 5.92 Å². The summed E-state index contributed by atoms with van der Waals surface area (Å²) in [5.41, 5.74) is 2.74. The summed E-state index contributed by atoms with van der Waals surface area (Å²) in [6.45, 7) is 5.10. The second-order valence-corrected chi connectivity index (χ2v) is 6.38. The van der Waals surface area contributed by atoms with Gasteiger partial charge in [-0.1, -0.05) is 35.7 Å². The van der Waals surface area contributed by atoms with Gasteiger partial charge in [0.05, 0.1) is 18.9 Å². The van der Waals surface area contributed by atoms with Gasteiger partial charge in [0.15, 0.2) is 0 Å². The van der Waals surface area contributed by atoms with E-state index in [1.807, 2.05) is 42.5 Å². The Morgan fingerprint density at radius 1 is 1.16 bits per heavy atom. The van der Waals surface area contributed by atoms with E-state index in [2.05, 4.69) is 23.4 Å². The third-order valence-corrected chi connectivity index (χ3v) is 4.24. The number of allylic oxidation sites excluding steroid dienone is 1. The highest BCUT2D eigenvalue weighted by Gasteiger charge is 2.19. The molecule has 3 nitrogen and oxygen atoms in total. The number of ether oxygens (including phenoxy) is 2. The molecule has 2 aromatic rings. The maximum Gasteiger partial charge on any atom is 0.222 e. The average molecular weight is 354 g/mol. The maximum atomic E-state index is 5.91. The molecule has 0 atom stereocenters. The molecule has 0 amide bonds. The van der Waals surface area contributed by atoms with Gasteiger partial charge in [-0.3, -0.25) is 4.98 Å². The minimum absolute atomic E-state index is 0.427. The van der Waals surface area contributed by atoms with Gasteiger partial charge in [0.25, 0.3) is 0 Å². The van der Waals surface area contributed by atoms with E-state index < -0.39 is 6.29 Å².